The topological polar surface area (TPSA) is 62.3 Å². The molecular formula is C14H19N3O2. The predicted octanol–water partition coefficient (Wildman–Crippen LogP) is 0.706. The summed E-state index contributed by atoms with van der Waals surface area (Å²) in [5.74, 6) is 0.0192. The molecule has 1 fully saturated rings. The number of aromatic nitrogens is 1. The van der Waals surface area contributed by atoms with Gasteiger partial charge in [-0.05, 0) is 25.5 Å². The zero-order chi connectivity index (χ0) is 14.0. The van der Waals surface area contributed by atoms with Crippen LogP contribution in [0.3, 0.4) is 0 Å². The molecule has 0 saturated carbocycles. The lowest BCUT2D eigenvalue weighted by Gasteiger charge is -2.40. The zero-order valence-electron chi connectivity index (χ0n) is 11.5. The Kier molecular flexibility index (Phi) is 3.55. The summed E-state index contributed by atoms with van der Waals surface area (Å²) < 4.78 is 0. The van der Waals surface area contributed by atoms with Crippen LogP contribution in [0.4, 0.5) is 0 Å². The normalized spacial score (nSPS) is 15.8. The summed E-state index contributed by atoms with van der Waals surface area (Å²) in [6.45, 7) is 6.49. The Hall–Kier alpha value is -1.91. The van der Waals surface area contributed by atoms with Gasteiger partial charge in [0.25, 0.3) is 0 Å². The highest BCUT2D eigenvalue weighted by molar-refractivity contribution is 5.87. The van der Waals surface area contributed by atoms with Crippen LogP contribution in [0.15, 0.2) is 24.5 Å². The fraction of sp³-hybridized carbons (Fsp3) is 0.500. The molecular weight excluding hydrogens is 242 g/mol. The van der Waals surface area contributed by atoms with Gasteiger partial charge in [0.15, 0.2) is 0 Å². The number of rotatable bonds is 3. The Balaban J connectivity index is 1.95. The van der Waals surface area contributed by atoms with E-state index in [2.05, 4.69) is 10.3 Å². The summed E-state index contributed by atoms with van der Waals surface area (Å²) in [7, 11) is 0. The van der Waals surface area contributed by atoms with Crippen molar-refractivity contribution in [3.8, 4) is 0 Å². The lowest BCUT2D eigenvalue weighted by Crippen LogP contribution is -2.62. The van der Waals surface area contributed by atoms with Crippen LogP contribution in [-0.4, -0.2) is 40.8 Å². The summed E-state index contributed by atoms with van der Waals surface area (Å²) in [6.07, 6.45) is 3.40. The molecule has 5 heteroatoms. The number of likely N-dealkylation sites (tertiary alicyclic amines) is 1. The molecule has 2 rings (SSSR count). The van der Waals surface area contributed by atoms with Crippen LogP contribution in [0.5, 0.6) is 0 Å². The van der Waals surface area contributed by atoms with Crippen molar-refractivity contribution in [3.05, 3.63) is 30.1 Å². The minimum atomic E-state index is -0.620. The van der Waals surface area contributed by atoms with Gasteiger partial charge in [0.2, 0.25) is 11.8 Å². The van der Waals surface area contributed by atoms with Crippen molar-refractivity contribution in [2.75, 3.05) is 13.1 Å². The van der Waals surface area contributed by atoms with E-state index in [0.717, 1.165) is 5.56 Å². The van der Waals surface area contributed by atoms with Crippen LogP contribution in [0, 0.1) is 0 Å². The van der Waals surface area contributed by atoms with Crippen LogP contribution >= 0.6 is 0 Å². The second-order valence-corrected chi connectivity index (χ2v) is 5.46. The monoisotopic (exact) mass is 261 g/mol. The number of hydrogen-bond acceptors (Lipinski definition) is 3. The number of carbonyl (C=O) groups excluding carboxylic acids is 2. The molecule has 1 aliphatic heterocycles. The van der Waals surface area contributed by atoms with Gasteiger partial charge in [0.1, 0.15) is 0 Å². The second-order valence-electron chi connectivity index (χ2n) is 5.46. The van der Waals surface area contributed by atoms with Crippen LogP contribution in [0.25, 0.3) is 0 Å². The molecule has 1 aromatic rings. The smallest absolute Gasteiger partial charge is 0.230 e. The molecule has 0 radical (unpaired) electrons. The standard InChI is InChI=1S/C14H19N3O2/c1-10(18)17-8-12(9-17)16-13(19)14(2,3)11-5-4-6-15-7-11/h4-7,12H,8-9H2,1-3H3,(H,16,19). The molecule has 0 unspecified atom stereocenters. The third kappa shape index (κ3) is 2.75. The first-order valence-electron chi connectivity index (χ1n) is 6.38. The molecule has 0 spiro atoms. The third-order valence-electron chi connectivity index (χ3n) is 3.61. The summed E-state index contributed by atoms with van der Waals surface area (Å²) in [4.78, 5) is 29.1. The van der Waals surface area contributed by atoms with E-state index in [1.54, 1.807) is 17.3 Å². The molecule has 2 heterocycles. The molecule has 1 aliphatic rings. The lowest BCUT2D eigenvalue weighted by atomic mass is 9.84. The van der Waals surface area contributed by atoms with Crippen molar-refractivity contribution in [2.45, 2.75) is 32.2 Å². The SMILES string of the molecule is CC(=O)N1CC(NC(=O)C(C)(C)c2cccnc2)C1. The predicted molar refractivity (Wildman–Crippen MR) is 71.4 cm³/mol. The van der Waals surface area contributed by atoms with E-state index in [1.807, 2.05) is 26.0 Å². The Morgan fingerprint density at radius 2 is 2.11 bits per heavy atom. The molecule has 2 amide bonds. The van der Waals surface area contributed by atoms with Crippen molar-refractivity contribution >= 4 is 11.8 Å². The van der Waals surface area contributed by atoms with Gasteiger partial charge >= 0.3 is 0 Å². The van der Waals surface area contributed by atoms with Gasteiger partial charge in [-0.25, -0.2) is 0 Å². The minimum absolute atomic E-state index is 0.0336. The minimum Gasteiger partial charge on any atom is -0.349 e. The van der Waals surface area contributed by atoms with E-state index in [0.29, 0.717) is 13.1 Å². The van der Waals surface area contributed by atoms with Crippen molar-refractivity contribution in [2.24, 2.45) is 0 Å². The summed E-state index contributed by atoms with van der Waals surface area (Å²) in [6, 6.07) is 3.78. The summed E-state index contributed by atoms with van der Waals surface area (Å²) >= 11 is 0. The van der Waals surface area contributed by atoms with Gasteiger partial charge in [0, 0.05) is 32.4 Å². The number of carbonyl (C=O) groups is 2. The van der Waals surface area contributed by atoms with Gasteiger partial charge < -0.3 is 10.2 Å². The van der Waals surface area contributed by atoms with Crippen molar-refractivity contribution < 1.29 is 9.59 Å². The molecule has 1 N–H and O–H groups in total. The van der Waals surface area contributed by atoms with Gasteiger partial charge in [-0.15, -0.1) is 0 Å². The maximum atomic E-state index is 12.3. The maximum Gasteiger partial charge on any atom is 0.230 e. The van der Waals surface area contributed by atoms with Crippen LogP contribution in [0.1, 0.15) is 26.3 Å². The first-order chi connectivity index (χ1) is 8.91. The molecule has 102 valence electrons. The Bertz CT molecular complexity index is 479. The van der Waals surface area contributed by atoms with Gasteiger partial charge in [-0.3, -0.25) is 14.6 Å². The summed E-state index contributed by atoms with van der Waals surface area (Å²) in [5, 5.41) is 2.98. The molecule has 5 nitrogen and oxygen atoms in total. The molecule has 19 heavy (non-hydrogen) atoms. The Morgan fingerprint density at radius 1 is 1.42 bits per heavy atom. The first kappa shape index (κ1) is 13.5. The van der Waals surface area contributed by atoms with Crippen molar-refractivity contribution in [3.63, 3.8) is 0 Å². The zero-order valence-corrected chi connectivity index (χ0v) is 11.5. The quantitative estimate of drug-likeness (QED) is 0.871. The van der Waals surface area contributed by atoms with E-state index >= 15 is 0 Å². The average molecular weight is 261 g/mol. The lowest BCUT2D eigenvalue weighted by molar-refractivity contribution is -0.136. The highest BCUT2D eigenvalue weighted by atomic mass is 16.2. The highest BCUT2D eigenvalue weighted by Gasteiger charge is 2.35. The van der Waals surface area contributed by atoms with Crippen molar-refractivity contribution in [1.82, 2.24) is 15.2 Å². The van der Waals surface area contributed by atoms with E-state index < -0.39 is 5.41 Å². The fourth-order valence-corrected chi connectivity index (χ4v) is 2.06. The van der Waals surface area contributed by atoms with E-state index in [9.17, 15) is 9.59 Å². The van der Waals surface area contributed by atoms with Crippen molar-refractivity contribution in [1.29, 1.82) is 0 Å². The van der Waals surface area contributed by atoms with Crippen LogP contribution < -0.4 is 5.32 Å². The molecule has 1 aromatic heterocycles. The molecule has 0 atom stereocenters. The van der Waals surface area contributed by atoms with Gasteiger partial charge in [-0.2, -0.15) is 0 Å². The van der Waals surface area contributed by atoms with E-state index in [4.69, 9.17) is 0 Å². The number of pyridine rings is 1. The van der Waals surface area contributed by atoms with Crippen LogP contribution in [0.2, 0.25) is 0 Å². The largest absolute Gasteiger partial charge is 0.349 e. The van der Waals surface area contributed by atoms with Gasteiger partial charge in [-0.1, -0.05) is 6.07 Å². The molecule has 0 aromatic carbocycles. The molecule has 0 bridgehead atoms. The fourth-order valence-electron chi connectivity index (χ4n) is 2.06. The maximum absolute atomic E-state index is 12.3. The average Bonchev–Trinajstić information content (AvgIpc) is 2.33. The number of nitrogens with one attached hydrogen (secondary N) is 1. The summed E-state index contributed by atoms with van der Waals surface area (Å²) in [5.41, 5.74) is 0.264. The number of amides is 2. The molecule has 0 aliphatic carbocycles. The highest BCUT2D eigenvalue weighted by Crippen LogP contribution is 2.23. The number of hydrogen-bond donors (Lipinski definition) is 1. The number of nitrogens with zero attached hydrogens (tertiary/aromatic N) is 2. The third-order valence-corrected chi connectivity index (χ3v) is 3.61. The van der Waals surface area contributed by atoms with Crippen LogP contribution in [-0.2, 0) is 15.0 Å². The molecule has 1 saturated heterocycles. The van der Waals surface area contributed by atoms with Gasteiger partial charge in [0.05, 0.1) is 11.5 Å². The second kappa shape index (κ2) is 4.99. The Labute approximate surface area is 113 Å². The Morgan fingerprint density at radius 3 is 2.63 bits per heavy atom. The first-order valence-corrected chi connectivity index (χ1v) is 6.38. The van der Waals surface area contributed by atoms with E-state index in [1.165, 1.54) is 6.92 Å². The van der Waals surface area contributed by atoms with E-state index in [-0.39, 0.29) is 17.9 Å².